The first-order valence-corrected chi connectivity index (χ1v) is 8.69. The Morgan fingerprint density at radius 1 is 1.45 bits per heavy atom. The Morgan fingerprint density at radius 2 is 2.20 bits per heavy atom. The molecular formula is C16H24BrClN2. The second kappa shape index (κ2) is 7.15. The average molecular weight is 360 g/mol. The van der Waals surface area contributed by atoms with Crippen molar-refractivity contribution in [1.82, 2.24) is 5.32 Å². The maximum atomic E-state index is 6.07. The first-order valence-electron chi connectivity index (χ1n) is 7.51. The molecule has 0 saturated carbocycles. The van der Waals surface area contributed by atoms with Crippen molar-refractivity contribution in [2.75, 3.05) is 18.0 Å². The van der Waals surface area contributed by atoms with Gasteiger partial charge in [-0.1, -0.05) is 38.8 Å². The topological polar surface area (TPSA) is 15.3 Å². The van der Waals surface area contributed by atoms with E-state index in [0.717, 1.165) is 29.0 Å². The molecule has 1 aromatic rings. The van der Waals surface area contributed by atoms with E-state index in [4.69, 9.17) is 11.6 Å². The van der Waals surface area contributed by atoms with Gasteiger partial charge >= 0.3 is 0 Å². The molecule has 3 atom stereocenters. The fourth-order valence-corrected chi connectivity index (χ4v) is 3.77. The third-order valence-corrected chi connectivity index (χ3v) is 5.34. The van der Waals surface area contributed by atoms with Crippen molar-refractivity contribution in [3.8, 4) is 0 Å². The highest BCUT2D eigenvalue weighted by atomic mass is 79.9. The van der Waals surface area contributed by atoms with Crippen LogP contribution >= 0.6 is 27.5 Å². The van der Waals surface area contributed by atoms with Gasteiger partial charge in [-0.05, 0) is 46.5 Å². The number of nitrogens with zero attached hydrogens (tertiary/aromatic N) is 1. The monoisotopic (exact) mass is 358 g/mol. The predicted octanol–water partition coefficient (Wildman–Crippen LogP) is 4.71. The van der Waals surface area contributed by atoms with Gasteiger partial charge in [0.1, 0.15) is 0 Å². The SMILES string of the molecule is CCC(C)C1CN(c2ccc(Cl)cc2Br)C(CC)CN1. The molecule has 2 rings (SSSR count). The summed E-state index contributed by atoms with van der Waals surface area (Å²) in [6, 6.07) is 7.21. The number of hydrogen-bond donors (Lipinski definition) is 1. The molecule has 112 valence electrons. The summed E-state index contributed by atoms with van der Waals surface area (Å²) < 4.78 is 1.09. The van der Waals surface area contributed by atoms with Crippen LogP contribution in [-0.4, -0.2) is 25.2 Å². The van der Waals surface area contributed by atoms with Gasteiger partial charge in [0, 0.05) is 34.7 Å². The third kappa shape index (κ3) is 3.49. The lowest BCUT2D eigenvalue weighted by Crippen LogP contribution is -2.58. The molecule has 2 nitrogen and oxygen atoms in total. The van der Waals surface area contributed by atoms with Crippen LogP contribution in [-0.2, 0) is 0 Å². The summed E-state index contributed by atoms with van der Waals surface area (Å²) >= 11 is 9.73. The standard InChI is InChI=1S/C16H24BrClN2/c1-4-11(3)15-10-20(13(5-2)9-19-15)16-7-6-12(18)8-14(16)17/h6-8,11,13,15,19H,4-5,9-10H2,1-3H3. The molecule has 0 radical (unpaired) electrons. The molecule has 1 aliphatic heterocycles. The molecule has 1 fully saturated rings. The summed E-state index contributed by atoms with van der Waals surface area (Å²) in [5, 5.41) is 4.50. The number of nitrogens with one attached hydrogen (secondary N) is 1. The van der Waals surface area contributed by atoms with Crippen molar-refractivity contribution in [3.05, 3.63) is 27.7 Å². The van der Waals surface area contributed by atoms with Crippen LogP contribution in [0.1, 0.15) is 33.6 Å². The van der Waals surface area contributed by atoms with Crippen LogP contribution in [0.4, 0.5) is 5.69 Å². The molecule has 1 saturated heterocycles. The normalized spacial score (nSPS) is 24.8. The minimum Gasteiger partial charge on any atom is -0.365 e. The van der Waals surface area contributed by atoms with E-state index in [1.807, 2.05) is 12.1 Å². The minimum atomic E-state index is 0.549. The Morgan fingerprint density at radius 3 is 2.80 bits per heavy atom. The van der Waals surface area contributed by atoms with Crippen LogP contribution in [0.15, 0.2) is 22.7 Å². The molecule has 0 spiro atoms. The summed E-state index contributed by atoms with van der Waals surface area (Å²) in [4.78, 5) is 2.54. The second-order valence-electron chi connectivity index (χ2n) is 5.71. The van der Waals surface area contributed by atoms with E-state index in [9.17, 15) is 0 Å². The second-order valence-corrected chi connectivity index (χ2v) is 7.00. The average Bonchev–Trinajstić information content (AvgIpc) is 2.46. The molecule has 1 aliphatic rings. The fraction of sp³-hybridized carbons (Fsp3) is 0.625. The van der Waals surface area contributed by atoms with Gasteiger partial charge in [0.15, 0.2) is 0 Å². The van der Waals surface area contributed by atoms with Crippen LogP contribution in [0.3, 0.4) is 0 Å². The van der Waals surface area contributed by atoms with Gasteiger partial charge in [-0.15, -0.1) is 0 Å². The Labute approximate surface area is 136 Å². The molecule has 1 heterocycles. The summed E-state index contributed by atoms with van der Waals surface area (Å²) in [5.74, 6) is 0.696. The first kappa shape index (κ1) is 16.1. The van der Waals surface area contributed by atoms with Crippen LogP contribution in [0.25, 0.3) is 0 Å². The molecular weight excluding hydrogens is 336 g/mol. The molecule has 1 aromatic carbocycles. The zero-order valence-corrected chi connectivity index (χ0v) is 14.8. The maximum Gasteiger partial charge on any atom is 0.0515 e. The van der Waals surface area contributed by atoms with E-state index >= 15 is 0 Å². The summed E-state index contributed by atoms with van der Waals surface area (Å²) in [6.45, 7) is 8.97. The lowest BCUT2D eigenvalue weighted by molar-refractivity contribution is 0.306. The zero-order chi connectivity index (χ0) is 14.7. The van der Waals surface area contributed by atoms with Crippen LogP contribution < -0.4 is 10.2 Å². The highest BCUT2D eigenvalue weighted by Gasteiger charge is 2.30. The van der Waals surface area contributed by atoms with Gasteiger partial charge in [0.2, 0.25) is 0 Å². The molecule has 0 amide bonds. The van der Waals surface area contributed by atoms with Crippen LogP contribution in [0, 0.1) is 5.92 Å². The van der Waals surface area contributed by atoms with E-state index in [2.05, 4.69) is 53.0 Å². The summed E-state index contributed by atoms with van der Waals surface area (Å²) in [5.41, 5.74) is 1.26. The summed E-state index contributed by atoms with van der Waals surface area (Å²) in [6.07, 6.45) is 2.36. The van der Waals surface area contributed by atoms with Crippen LogP contribution in [0.2, 0.25) is 5.02 Å². The number of anilines is 1. The van der Waals surface area contributed by atoms with Crippen molar-refractivity contribution in [3.63, 3.8) is 0 Å². The van der Waals surface area contributed by atoms with Gasteiger partial charge in [0.25, 0.3) is 0 Å². The number of rotatable bonds is 4. The summed E-state index contributed by atoms with van der Waals surface area (Å²) in [7, 11) is 0. The van der Waals surface area contributed by atoms with E-state index in [-0.39, 0.29) is 0 Å². The lowest BCUT2D eigenvalue weighted by Gasteiger charge is -2.44. The van der Waals surface area contributed by atoms with E-state index in [1.165, 1.54) is 12.1 Å². The first-order chi connectivity index (χ1) is 9.56. The molecule has 20 heavy (non-hydrogen) atoms. The Hall–Kier alpha value is -0.250. The van der Waals surface area contributed by atoms with Gasteiger partial charge in [-0.25, -0.2) is 0 Å². The van der Waals surface area contributed by atoms with E-state index in [1.54, 1.807) is 0 Å². The zero-order valence-electron chi connectivity index (χ0n) is 12.5. The van der Waals surface area contributed by atoms with Crippen molar-refractivity contribution in [1.29, 1.82) is 0 Å². The van der Waals surface area contributed by atoms with Crippen LogP contribution in [0.5, 0.6) is 0 Å². The molecule has 0 bridgehead atoms. The van der Waals surface area contributed by atoms with Crippen molar-refractivity contribution >= 4 is 33.2 Å². The molecule has 1 N–H and O–H groups in total. The van der Waals surface area contributed by atoms with Crippen molar-refractivity contribution < 1.29 is 0 Å². The van der Waals surface area contributed by atoms with Gasteiger partial charge in [-0.2, -0.15) is 0 Å². The van der Waals surface area contributed by atoms with Gasteiger partial charge in [-0.3, -0.25) is 0 Å². The number of hydrogen-bond acceptors (Lipinski definition) is 2. The quantitative estimate of drug-likeness (QED) is 0.838. The largest absolute Gasteiger partial charge is 0.365 e. The maximum absolute atomic E-state index is 6.07. The Balaban J connectivity index is 2.24. The third-order valence-electron chi connectivity index (χ3n) is 4.47. The molecule has 3 unspecified atom stereocenters. The smallest absolute Gasteiger partial charge is 0.0515 e. The molecule has 0 aromatic heterocycles. The Kier molecular flexibility index (Phi) is 5.76. The number of piperazine rings is 1. The number of halogens is 2. The minimum absolute atomic E-state index is 0.549. The van der Waals surface area contributed by atoms with E-state index in [0.29, 0.717) is 18.0 Å². The molecule has 0 aliphatic carbocycles. The van der Waals surface area contributed by atoms with Crippen molar-refractivity contribution in [2.24, 2.45) is 5.92 Å². The highest BCUT2D eigenvalue weighted by molar-refractivity contribution is 9.10. The molecule has 4 heteroatoms. The predicted molar refractivity (Wildman–Crippen MR) is 91.8 cm³/mol. The van der Waals surface area contributed by atoms with Crippen molar-refractivity contribution in [2.45, 2.75) is 45.7 Å². The fourth-order valence-electron chi connectivity index (χ4n) is 2.86. The van der Waals surface area contributed by atoms with E-state index < -0.39 is 0 Å². The highest BCUT2D eigenvalue weighted by Crippen LogP contribution is 2.32. The Bertz CT molecular complexity index is 452. The lowest BCUT2D eigenvalue weighted by atomic mass is 9.94. The van der Waals surface area contributed by atoms with Gasteiger partial charge < -0.3 is 10.2 Å². The van der Waals surface area contributed by atoms with Gasteiger partial charge in [0.05, 0.1) is 5.69 Å². The number of benzene rings is 1.